The Labute approximate surface area is 253 Å². The fourth-order valence-corrected chi connectivity index (χ4v) is 6.33. The number of aromatic nitrogens is 4. The van der Waals surface area contributed by atoms with Crippen molar-refractivity contribution in [3.05, 3.63) is 146 Å². The Morgan fingerprint density at radius 2 is 0.837 bits per heavy atom. The molecule has 0 unspecified atom stereocenters. The van der Waals surface area contributed by atoms with Gasteiger partial charge < -0.3 is 0 Å². The second-order valence-corrected chi connectivity index (χ2v) is 11.4. The summed E-state index contributed by atoms with van der Waals surface area (Å²) in [5, 5.41) is 3.24. The third-order valence-corrected chi connectivity index (χ3v) is 8.64. The molecule has 0 bridgehead atoms. The molecule has 0 fully saturated rings. The zero-order chi connectivity index (χ0) is 28.6. The van der Waals surface area contributed by atoms with E-state index in [1.54, 1.807) is 11.3 Å². The smallest absolute Gasteiger partial charge is 0.164 e. The van der Waals surface area contributed by atoms with Crippen LogP contribution in [0.15, 0.2) is 146 Å². The van der Waals surface area contributed by atoms with Crippen molar-refractivity contribution in [1.82, 2.24) is 19.9 Å². The lowest BCUT2D eigenvalue weighted by atomic mass is 10.0. The highest BCUT2D eigenvalue weighted by atomic mass is 32.1. The van der Waals surface area contributed by atoms with Gasteiger partial charge in [0.15, 0.2) is 17.5 Å². The predicted molar refractivity (Wildman–Crippen MR) is 178 cm³/mol. The first-order chi connectivity index (χ1) is 21.3. The molecule has 8 rings (SSSR count). The van der Waals surface area contributed by atoms with E-state index in [-0.39, 0.29) is 0 Å². The fraction of sp³-hybridized carbons (Fsp3) is 0. The van der Waals surface area contributed by atoms with Crippen LogP contribution < -0.4 is 0 Å². The van der Waals surface area contributed by atoms with Gasteiger partial charge >= 0.3 is 0 Å². The van der Waals surface area contributed by atoms with Gasteiger partial charge in [-0.2, -0.15) is 0 Å². The molecule has 0 spiro atoms. The number of thiazole rings is 1. The van der Waals surface area contributed by atoms with E-state index >= 15 is 0 Å². The standard InChI is InChI=1S/C38H24N4S/c1-4-10-25(11-5-1)26-16-19-29(20-17-26)36-40-35(28-12-6-2-7-13-28)41-37(42-36)31-21-18-27-22-23-33-34(32(27)24-31)39-38(43-33)30-14-8-3-9-15-30/h1-24H. The van der Waals surface area contributed by atoms with Crippen LogP contribution in [-0.4, -0.2) is 19.9 Å². The maximum atomic E-state index is 5.07. The Hall–Kier alpha value is -5.52. The van der Waals surface area contributed by atoms with Gasteiger partial charge in [0.2, 0.25) is 0 Å². The van der Waals surface area contributed by atoms with Gasteiger partial charge in [-0.15, -0.1) is 11.3 Å². The summed E-state index contributed by atoms with van der Waals surface area (Å²) in [5.74, 6) is 1.92. The molecular weight excluding hydrogens is 545 g/mol. The lowest BCUT2D eigenvalue weighted by Gasteiger charge is -2.10. The molecule has 2 aromatic heterocycles. The highest BCUT2D eigenvalue weighted by Gasteiger charge is 2.15. The molecule has 5 heteroatoms. The molecule has 0 aliphatic carbocycles. The van der Waals surface area contributed by atoms with Crippen LogP contribution in [0.5, 0.6) is 0 Å². The van der Waals surface area contributed by atoms with Crippen LogP contribution in [0.1, 0.15) is 0 Å². The Morgan fingerprint density at radius 1 is 0.372 bits per heavy atom. The maximum Gasteiger partial charge on any atom is 0.164 e. The summed E-state index contributed by atoms with van der Waals surface area (Å²) in [6.07, 6.45) is 0. The molecule has 2 heterocycles. The highest BCUT2D eigenvalue weighted by Crippen LogP contribution is 2.36. The first kappa shape index (κ1) is 25.2. The van der Waals surface area contributed by atoms with E-state index < -0.39 is 0 Å². The fourth-order valence-electron chi connectivity index (χ4n) is 5.35. The summed E-state index contributed by atoms with van der Waals surface area (Å²) in [4.78, 5) is 20.0. The number of hydrogen-bond donors (Lipinski definition) is 0. The molecule has 0 amide bonds. The Morgan fingerprint density at radius 3 is 1.49 bits per heavy atom. The lowest BCUT2D eigenvalue weighted by molar-refractivity contribution is 1.07. The average molecular weight is 569 g/mol. The molecule has 0 aliphatic rings. The SMILES string of the molecule is c1ccc(-c2ccc(-c3nc(-c4ccccc4)nc(-c4ccc5ccc6sc(-c7ccccc7)nc6c5c4)n3)cc2)cc1. The second kappa shape index (κ2) is 10.7. The first-order valence-corrected chi connectivity index (χ1v) is 15.0. The third kappa shape index (κ3) is 4.86. The molecule has 43 heavy (non-hydrogen) atoms. The molecule has 0 saturated carbocycles. The van der Waals surface area contributed by atoms with Crippen molar-refractivity contribution in [2.75, 3.05) is 0 Å². The van der Waals surface area contributed by atoms with Crippen LogP contribution in [0.4, 0.5) is 0 Å². The summed E-state index contributed by atoms with van der Waals surface area (Å²) in [7, 11) is 0. The minimum atomic E-state index is 0.633. The second-order valence-electron chi connectivity index (χ2n) is 10.3. The van der Waals surface area contributed by atoms with E-state index in [1.807, 2.05) is 42.5 Å². The van der Waals surface area contributed by atoms with Gasteiger partial charge in [0, 0.05) is 27.6 Å². The van der Waals surface area contributed by atoms with Crippen molar-refractivity contribution in [2.45, 2.75) is 0 Å². The van der Waals surface area contributed by atoms with Crippen molar-refractivity contribution < 1.29 is 0 Å². The summed E-state index contributed by atoms with van der Waals surface area (Å²) < 4.78 is 1.16. The van der Waals surface area contributed by atoms with Crippen LogP contribution in [0.3, 0.4) is 0 Å². The van der Waals surface area contributed by atoms with Crippen LogP contribution >= 0.6 is 11.3 Å². The maximum absolute atomic E-state index is 5.07. The van der Waals surface area contributed by atoms with Gasteiger partial charge in [-0.25, -0.2) is 19.9 Å². The van der Waals surface area contributed by atoms with E-state index in [9.17, 15) is 0 Å². The highest BCUT2D eigenvalue weighted by molar-refractivity contribution is 7.21. The minimum Gasteiger partial charge on any atom is -0.235 e. The van der Waals surface area contributed by atoms with E-state index in [0.29, 0.717) is 17.5 Å². The average Bonchev–Trinajstić information content (AvgIpc) is 3.54. The first-order valence-electron chi connectivity index (χ1n) is 14.1. The van der Waals surface area contributed by atoms with Crippen molar-refractivity contribution in [3.8, 4) is 55.9 Å². The Kier molecular flexibility index (Phi) is 6.28. The summed E-state index contributed by atoms with van der Waals surface area (Å²) in [6, 6.07) is 49.9. The summed E-state index contributed by atoms with van der Waals surface area (Å²) >= 11 is 1.71. The van der Waals surface area contributed by atoms with Crippen molar-refractivity contribution in [1.29, 1.82) is 0 Å². The number of hydrogen-bond acceptors (Lipinski definition) is 5. The van der Waals surface area contributed by atoms with Gasteiger partial charge in [0.25, 0.3) is 0 Å². The number of fused-ring (bicyclic) bond motifs is 3. The molecule has 0 radical (unpaired) electrons. The molecule has 8 aromatic rings. The zero-order valence-electron chi connectivity index (χ0n) is 23.1. The number of rotatable bonds is 5. The van der Waals surface area contributed by atoms with E-state index in [1.165, 1.54) is 5.56 Å². The van der Waals surface area contributed by atoms with Gasteiger partial charge in [-0.05, 0) is 28.6 Å². The van der Waals surface area contributed by atoms with Gasteiger partial charge in [0.05, 0.1) is 10.2 Å². The van der Waals surface area contributed by atoms with Crippen molar-refractivity contribution in [3.63, 3.8) is 0 Å². The summed E-state index contributed by atoms with van der Waals surface area (Å²) in [5.41, 5.74) is 7.27. The molecular formula is C38H24N4S. The van der Waals surface area contributed by atoms with E-state index in [4.69, 9.17) is 19.9 Å². The molecule has 202 valence electrons. The van der Waals surface area contributed by atoms with Crippen LogP contribution in [0, 0.1) is 0 Å². The third-order valence-electron chi connectivity index (χ3n) is 7.57. The largest absolute Gasteiger partial charge is 0.235 e. The molecule has 0 aliphatic heterocycles. The van der Waals surface area contributed by atoms with Crippen LogP contribution in [0.25, 0.3) is 76.9 Å². The quantitative estimate of drug-likeness (QED) is 0.207. The number of benzene rings is 6. The van der Waals surface area contributed by atoms with Crippen molar-refractivity contribution >= 4 is 32.3 Å². The van der Waals surface area contributed by atoms with Gasteiger partial charge in [-0.1, -0.05) is 133 Å². The molecule has 0 atom stereocenters. The van der Waals surface area contributed by atoms with Gasteiger partial charge in [-0.3, -0.25) is 0 Å². The minimum absolute atomic E-state index is 0.633. The van der Waals surface area contributed by atoms with Crippen LogP contribution in [0.2, 0.25) is 0 Å². The molecule has 0 N–H and O–H groups in total. The number of nitrogens with zero attached hydrogens (tertiary/aromatic N) is 4. The topological polar surface area (TPSA) is 51.6 Å². The Bertz CT molecular complexity index is 2210. The molecule has 4 nitrogen and oxygen atoms in total. The van der Waals surface area contributed by atoms with Crippen molar-refractivity contribution in [2.24, 2.45) is 0 Å². The molecule has 6 aromatic carbocycles. The van der Waals surface area contributed by atoms with E-state index in [0.717, 1.165) is 53.8 Å². The normalized spacial score (nSPS) is 11.3. The summed E-state index contributed by atoms with van der Waals surface area (Å²) in [6.45, 7) is 0. The molecule has 0 saturated heterocycles. The van der Waals surface area contributed by atoms with Crippen LogP contribution in [-0.2, 0) is 0 Å². The van der Waals surface area contributed by atoms with Gasteiger partial charge in [0.1, 0.15) is 5.01 Å². The lowest BCUT2D eigenvalue weighted by Crippen LogP contribution is -2.00. The predicted octanol–water partition coefficient (Wildman–Crippen LogP) is 9.97. The van der Waals surface area contributed by atoms with E-state index in [2.05, 4.69) is 103 Å². The zero-order valence-corrected chi connectivity index (χ0v) is 23.9. The Balaban J connectivity index is 1.26. The monoisotopic (exact) mass is 568 g/mol.